The first kappa shape index (κ1) is 14.1. The summed E-state index contributed by atoms with van der Waals surface area (Å²) >= 11 is 0. The predicted octanol–water partition coefficient (Wildman–Crippen LogP) is 2.99. The molecule has 1 aromatic carbocycles. The molecular formula is C16H23NO2. The van der Waals surface area contributed by atoms with Crippen molar-refractivity contribution in [3.63, 3.8) is 0 Å². The first-order valence-corrected chi connectivity index (χ1v) is 7.23. The molecule has 0 aliphatic carbocycles. The third kappa shape index (κ3) is 4.67. The number of carbonyl (C=O) groups excluding carboxylic acids is 1. The summed E-state index contributed by atoms with van der Waals surface area (Å²) in [6, 6.07) is 10.5. The smallest absolute Gasteiger partial charge is 0.306 e. The van der Waals surface area contributed by atoms with Crippen LogP contribution in [0.4, 0.5) is 0 Å². The van der Waals surface area contributed by atoms with Gasteiger partial charge in [-0.1, -0.05) is 37.3 Å². The van der Waals surface area contributed by atoms with Crippen LogP contribution in [0.1, 0.15) is 38.2 Å². The van der Waals surface area contributed by atoms with Gasteiger partial charge in [0.2, 0.25) is 0 Å². The van der Waals surface area contributed by atoms with Crippen LogP contribution in [0, 0.1) is 0 Å². The van der Waals surface area contributed by atoms with Gasteiger partial charge in [-0.15, -0.1) is 0 Å². The molecule has 1 aliphatic rings. The minimum Gasteiger partial charge on any atom is -0.461 e. The van der Waals surface area contributed by atoms with Crippen LogP contribution in [0.5, 0.6) is 0 Å². The molecular weight excluding hydrogens is 238 g/mol. The maximum atomic E-state index is 11.5. The van der Waals surface area contributed by atoms with E-state index in [4.69, 9.17) is 4.74 Å². The summed E-state index contributed by atoms with van der Waals surface area (Å²) < 4.78 is 5.52. The Labute approximate surface area is 115 Å². The zero-order valence-corrected chi connectivity index (χ0v) is 11.7. The van der Waals surface area contributed by atoms with Crippen LogP contribution in [0.2, 0.25) is 0 Å². The number of benzene rings is 1. The third-order valence-electron chi connectivity index (χ3n) is 3.46. The lowest BCUT2D eigenvalue weighted by molar-refractivity contribution is -0.151. The fourth-order valence-corrected chi connectivity index (χ4v) is 2.54. The molecule has 1 heterocycles. The fourth-order valence-electron chi connectivity index (χ4n) is 2.54. The van der Waals surface area contributed by atoms with Crippen molar-refractivity contribution in [2.24, 2.45) is 0 Å². The van der Waals surface area contributed by atoms with Gasteiger partial charge in [0.1, 0.15) is 6.10 Å². The Morgan fingerprint density at radius 3 is 2.89 bits per heavy atom. The van der Waals surface area contributed by atoms with Crippen LogP contribution in [0.25, 0.3) is 0 Å². The number of piperidine rings is 1. The van der Waals surface area contributed by atoms with E-state index in [0.717, 1.165) is 38.9 Å². The molecule has 1 atom stereocenters. The number of esters is 1. The topological polar surface area (TPSA) is 29.5 Å². The number of likely N-dealkylation sites (tertiary alicyclic amines) is 1. The molecule has 2 rings (SSSR count). The van der Waals surface area contributed by atoms with Crippen LogP contribution < -0.4 is 0 Å². The lowest BCUT2D eigenvalue weighted by Gasteiger charge is -2.32. The molecule has 3 heteroatoms. The number of rotatable bonds is 5. The summed E-state index contributed by atoms with van der Waals surface area (Å²) in [5.41, 5.74) is 1.32. The van der Waals surface area contributed by atoms with E-state index < -0.39 is 0 Å². The van der Waals surface area contributed by atoms with Crippen LogP contribution in [0.3, 0.4) is 0 Å². The van der Waals surface area contributed by atoms with Crippen molar-refractivity contribution in [3.8, 4) is 0 Å². The largest absolute Gasteiger partial charge is 0.461 e. The van der Waals surface area contributed by atoms with E-state index in [1.807, 2.05) is 13.0 Å². The molecule has 0 N–H and O–H groups in total. The van der Waals surface area contributed by atoms with Crippen molar-refractivity contribution in [3.05, 3.63) is 35.9 Å². The summed E-state index contributed by atoms with van der Waals surface area (Å²) in [6.45, 7) is 4.91. The summed E-state index contributed by atoms with van der Waals surface area (Å²) in [5, 5.41) is 0. The molecule has 0 saturated carbocycles. The number of hydrogen-bond acceptors (Lipinski definition) is 3. The molecule has 0 amide bonds. The second-order valence-corrected chi connectivity index (χ2v) is 5.22. The zero-order valence-electron chi connectivity index (χ0n) is 11.7. The highest BCUT2D eigenvalue weighted by atomic mass is 16.5. The van der Waals surface area contributed by atoms with Crippen LogP contribution in [-0.4, -0.2) is 30.1 Å². The first-order chi connectivity index (χ1) is 9.28. The Morgan fingerprint density at radius 2 is 2.16 bits per heavy atom. The van der Waals surface area contributed by atoms with Gasteiger partial charge in [-0.2, -0.15) is 0 Å². The van der Waals surface area contributed by atoms with Crippen LogP contribution in [-0.2, 0) is 16.1 Å². The van der Waals surface area contributed by atoms with Gasteiger partial charge in [0, 0.05) is 19.5 Å². The quantitative estimate of drug-likeness (QED) is 0.763. The number of hydrogen-bond donors (Lipinski definition) is 0. The Bertz CT molecular complexity index is 391. The summed E-state index contributed by atoms with van der Waals surface area (Å²) in [4.78, 5) is 13.9. The summed E-state index contributed by atoms with van der Waals surface area (Å²) in [5.74, 6) is -0.0472. The van der Waals surface area contributed by atoms with Gasteiger partial charge < -0.3 is 4.74 Å². The Balaban J connectivity index is 1.82. The molecule has 0 unspecified atom stereocenters. The molecule has 0 aromatic heterocycles. The summed E-state index contributed by atoms with van der Waals surface area (Å²) in [7, 11) is 0. The standard InChI is InChI=1S/C16H23NO2/c1-2-7-16(18)19-15-10-6-11-17(13-15)12-14-8-4-3-5-9-14/h3-5,8-9,15H,2,6-7,10-13H2,1H3/t15-/m1/s1. The average molecular weight is 261 g/mol. The van der Waals surface area contributed by atoms with Crippen LogP contribution in [0.15, 0.2) is 30.3 Å². The lowest BCUT2D eigenvalue weighted by Crippen LogP contribution is -2.40. The molecule has 1 saturated heterocycles. The van der Waals surface area contributed by atoms with Gasteiger partial charge >= 0.3 is 5.97 Å². The predicted molar refractivity (Wildman–Crippen MR) is 75.7 cm³/mol. The van der Waals surface area contributed by atoms with Crippen molar-refractivity contribution < 1.29 is 9.53 Å². The van der Waals surface area contributed by atoms with Crippen molar-refractivity contribution >= 4 is 5.97 Å². The monoisotopic (exact) mass is 261 g/mol. The minimum atomic E-state index is -0.0472. The van der Waals surface area contributed by atoms with E-state index in [1.54, 1.807) is 0 Å². The Morgan fingerprint density at radius 1 is 1.37 bits per heavy atom. The number of ether oxygens (including phenoxy) is 1. The van der Waals surface area contributed by atoms with Gasteiger partial charge in [-0.05, 0) is 31.4 Å². The summed E-state index contributed by atoms with van der Waals surface area (Å²) in [6.07, 6.45) is 3.59. The second kappa shape index (κ2) is 7.29. The molecule has 0 spiro atoms. The number of nitrogens with zero attached hydrogens (tertiary/aromatic N) is 1. The molecule has 19 heavy (non-hydrogen) atoms. The molecule has 0 bridgehead atoms. The van der Waals surface area contributed by atoms with Gasteiger partial charge in [-0.3, -0.25) is 9.69 Å². The third-order valence-corrected chi connectivity index (χ3v) is 3.46. The molecule has 0 radical (unpaired) electrons. The average Bonchev–Trinajstić information content (AvgIpc) is 2.40. The molecule has 1 aromatic rings. The van der Waals surface area contributed by atoms with Gasteiger partial charge in [-0.25, -0.2) is 0 Å². The van der Waals surface area contributed by atoms with Crippen molar-refractivity contribution in [2.75, 3.05) is 13.1 Å². The Kier molecular flexibility index (Phi) is 5.40. The van der Waals surface area contributed by atoms with Crippen molar-refractivity contribution in [2.45, 2.75) is 45.3 Å². The van der Waals surface area contributed by atoms with Gasteiger partial charge in [0.05, 0.1) is 0 Å². The van der Waals surface area contributed by atoms with E-state index in [9.17, 15) is 4.79 Å². The van der Waals surface area contributed by atoms with Crippen LogP contribution >= 0.6 is 0 Å². The zero-order chi connectivity index (χ0) is 13.5. The maximum Gasteiger partial charge on any atom is 0.306 e. The fraction of sp³-hybridized carbons (Fsp3) is 0.562. The molecule has 3 nitrogen and oxygen atoms in total. The highest BCUT2D eigenvalue weighted by Crippen LogP contribution is 2.16. The molecule has 1 fully saturated rings. The highest BCUT2D eigenvalue weighted by molar-refractivity contribution is 5.69. The SMILES string of the molecule is CCCC(=O)O[C@@H]1CCCN(Cc2ccccc2)C1. The maximum absolute atomic E-state index is 11.5. The number of carbonyl (C=O) groups is 1. The highest BCUT2D eigenvalue weighted by Gasteiger charge is 2.22. The lowest BCUT2D eigenvalue weighted by atomic mass is 10.1. The second-order valence-electron chi connectivity index (χ2n) is 5.22. The van der Waals surface area contributed by atoms with E-state index in [1.165, 1.54) is 5.56 Å². The minimum absolute atomic E-state index is 0.0472. The normalized spacial score (nSPS) is 20.2. The van der Waals surface area contributed by atoms with Crippen molar-refractivity contribution in [1.29, 1.82) is 0 Å². The van der Waals surface area contributed by atoms with Crippen molar-refractivity contribution in [1.82, 2.24) is 4.90 Å². The van der Waals surface area contributed by atoms with Gasteiger partial charge in [0.15, 0.2) is 0 Å². The van der Waals surface area contributed by atoms with E-state index in [-0.39, 0.29) is 12.1 Å². The first-order valence-electron chi connectivity index (χ1n) is 7.23. The molecule has 1 aliphatic heterocycles. The molecule has 104 valence electrons. The van der Waals surface area contributed by atoms with E-state index in [2.05, 4.69) is 29.2 Å². The Hall–Kier alpha value is -1.35. The van der Waals surface area contributed by atoms with E-state index in [0.29, 0.717) is 6.42 Å². The van der Waals surface area contributed by atoms with Gasteiger partial charge in [0.25, 0.3) is 0 Å². The van der Waals surface area contributed by atoms with E-state index >= 15 is 0 Å².